The monoisotopic (exact) mass is 1180 g/mol. The molecule has 0 bridgehead atoms. The van der Waals surface area contributed by atoms with Crippen molar-refractivity contribution in [1.29, 1.82) is 0 Å². The summed E-state index contributed by atoms with van der Waals surface area (Å²) in [6, 6.07) is -0.895. The lowest BCUT2D eigenvalue weighted by Gasteiger charge is -2.25. The quantitative estimate of drug-likeness (QED) is 0.0243. The van der Waals surface area contributed by atoms with Crippen LogP contribution in [0, 0.1) is 0 Å². The van der Waals surface area contributed by atoms with Gasteiger partial charge in [0.25, 0.3) is 0 Å². The number of allylic oxidation sites excluding steroid dienone is 27. The number of hydrogen-bond donors (Lipinski definition) is 3. The summed E-state index contributed by atoms with van der Waals surface area (Å²) in [5.41, 5.74) is 0. The Morgan fingerprint density at radius 1 is 0.417 bits per heavy atom. The minimum atomic E-state index is -4.38. The molecule has 0 aromatic rings. The van der Waals surface area contributed by atoms with Crippen LogP contribution in [-0.2, 0) is 18.4 Å². The Labute approximate surface area is 517 Å². The van der Waals surface area contributed by atoms with Gasteiger partial charge in [-0.25, -0.2) is 4.57 Å². The van der Waals surface area contributed by atoms with Gasteiger partial charge in [0.1, 0.15) is 13.2 Å². The van der Waals surface area contributed by atoms with Gasteiger partial charge >= 0.3 is 7.82 Å². The average molecular weight is 1180 g/mol. The third kappa shape index (κ3) is 65.4. The summed E-state index contributed by atoms with van der Waals surface area (Å²) >= 11 is 0. The molecular formula is C75H126N2O6P+. The molecule has 0 aliphatic heterocycles. The normalized spacial score (nSPS) is 14.8. The van der Waals surface area contributed by atoms with Crippen molar-refractivity contribution in [3.05, 3.63) is 170 Å². The molecule has 0 radical (unpaired) electrons. The summed E-state index contributed by atoms with van der Waals surface area (Å²) in [5.74, 6) is -0.216. The lowest BCUT2D eigenvalue weighted by Crippen LogP contribution is -2.45. The van der Waals surface area contributed by atoms with Crippen molar-refractivity contribution in [3.8, 4) is 0 Å². The molecule has 3 unspecified atom stereocenters. The van der Waals surface area contributed by atoms with Gasteiger partial charge in [0.2, 0.25) is 5.91 Å². The number of rotatable bonds is 59. The highest BCUT2D eigenvalue weighted by atomic mass is 31.2. The zero-order valence-corrected chi connectivity index (χ0v) is 55.2. The molecule has 0 spiro atoms. The molecule has 84 heavy (non-hydrogen) atoms. The SMILES string of the molecule is CC/C=C\C/C=C\C/C=C\C/C=C\C/C=C\C/C=C\C/C=C\C/C=C\C/C=C\C/C=C\C/C=C\CCCCCCCC(=O)NC(COP(=O)(O)OCC[N+](C)(C)C)C(O)/C=C/CC/C=C/CC/C=C/CCCCCCCCCCCCCCC. The molecule has 0 fully saturated rings. The summed E-state index contributed by atoms with van der Waals surface area (Å²) in [7, 11) is 1.51. The number of phosphoric acid groups is 1. The molecule has 3 N–H and O–H groups in total. The van der Waals surface area contributed by atoms with E-state index in [0.717, 1.165) is 135 Å². The number of likely N-dealkylation sites (N-methyl/N-ethyl adjacent to an activating group) is 1. The van der Waals surface area contributed by atoms with E-state index in [1.165, 1.54) is 89.9 Å². The summed E-state index contributed by atoms with van der Waals surface area (Å²) in [6.07, 6.45) is 101. The van der Waals surface area contributed by atoms with Crippen LogP contribution in [0.15, 0.2) is 170 Å². The minimum Gasteiger partial charge on any atom is -0.387 e. The molecule has 0 aromatic heterocycles. The average Bonchev–Trinajstić information content (AvgIpc) is 3.56. The third-order valence-electron chi connectivity index (χ3n) is 13.9. The van der Waals surface area contributed by atoms with Gasteiger partial charge in [-0.2, -0.15) is 0 Å². The highest BCUT2D eigenvalue weighted by Gasteiger charge is 2.27. The molecule has 0 aliphatic carbocycles. The standard InChI is InChI=1S/C75H125N2O6P/c1-6-8-10-12-14-16-18-20-22-24-26-28-30-31-32-33-34-35-36-37-38-39-40-41-42-43-44-45-47-49-51-53-55-57-59-61-63-65-67-69-75(79)76-73(72-83-84(80,81)82-71-70-77(3,4)5)74(78)68-66-64-62-60-58-56-54-52-50-48-46-29-27-25-23-21-19-17-15-13-11-9-7-2/h8,10,14,16,20,22,26,28,31-32,34-35,37-38,40-41,43-44,47,49-50,52-53,55,58,60,66,68,73-74,78H,6-7,9,11-13,15,17-19,21,23-25,27,29-30,33,36,39,42,45-46,48,51,54,56-57,59,61-65,67,69-72H2,1-5H3,(H-,76,79,80,81)/p+1/b10-8-,16-14-,22-20-,28-26-,32-31-,35-34-,38-37-,41-40-,44-43-,49-47-,52-50+,55-53-,60-58+,68-66+. The van der Waals surface area contributed by atoms with E-state index in [0.29, 0.717) is 17.4 Å². The number of aliphatic hydroxyl groups is 1. The molecule has 0 saturated carbocycles. The largest absolute Gasteiger partial charge is 0.472 e. The first-order chi connectivity index (χ1) is 41.0. The van der Waals surface area contributed by atoms with E-state index in [2.05, 4.69) is 177 Å². The fourth-order valence-corrected chi connectivity index (χ4v) is 9.46. The number of phosphoric ester groups is 1. The molecule has 1 amide bonds. The van der Waals surface area contributed by atoms with E-state index >= 15 is 0 Å². The molecule has 0 aromatic carbocycles. The smallest absolute Gasteiger partial charge is 0.387 e. The zero-order chi connectivity index (χ0) is 61.2. The van der Waals surface area contributed by atoms with Crippen LogP contribution in [0.4, 0.5) is 0 Å². The number of carbonyl (C=O) groups is 1. The molecule has 0 saturated heterocycles. The van der Waals surface area contributed by atoms with Gasteiger partial charge in [-0.1, -0.05) is 280 Å². The van der Waals surface area contributed by atoms with E-state index in [1.54, 1.807) is 6.08 Å². The second kappa shape index (κ2) is 63.4. The lowest BCUT2D eigenvalue weighted by atomic mass is 10.0. The van der Waals surface area contributed by atoms with Crippen molar-refractivity contribution in [3.63, 3.8) is 0 Å². The highest BCUT2D eigenvalue weighted by Crippen LogP contribution is 2.43. The first kappa shape index (κ1) is 79.9. The minimum absolute atomic E-state index is 0.0402. The number of nitrogens with zero attached hydrogens (tertiary/aromatic N) is 1. The predicted molar refractivity (Wildman–Crippen MR) is 368 cm³/mol. The van der Waals surface area contributed by atoms with Crippen molar-refractivity contribution >= 4 is 13.7 Å². The summed E-state index contributed by atoms with van der Waals surface area (Å²) in [6.45, 7) is 4.65. The Kier molecular flexibility index (Phi) is 60.2. The van der Waals surface area contributed by atoms with Crippen LogP contribution in [0.2, 0.25) is 0 Å². The van der Waals surface area contributed by atoms with Crippen LogP contribution in [0.25, 0.3) is 0 Å². The van der Waals surface area contributed by atoms with Crippen molar-refractivity contribution in [2.24, 2.45) is 0 Å². The Balaban J connectivity index is 4.28. The van der Waals surface area contributed by atoms with Crippen LogP contribution in [-0.4, -0.2) is 73.4 Å². The van der Waals surface area contributed by atoms with Crippen LogP contribution in [0.5, 0.6) is 0 Å². The second-order valence-corrected chi connectivity index (χ2v) is 24.5. The topological polar surface area (TPSA) is 105 Å². The van der Waals surface area contributed by atoms with Crippen LogP contribution in [0.3, 0.4) is 0 Å². The fraction of sp³-hybridized carbons (Fsp3) is 0.613. The molecule has 0 heterocycles. The van der Waals surface area contributed by atoms with E-state index in [4.69, 9.17) is 9.05 Å². The Hall–Kier alpha value is -4.14. The highest BCUT2D eigenvalue weighted by molar-refractivity contribution is 7.47. The fourth-order valence-electron chi connectivity index (χ4n) is 8.73. The van der Waals surface area contributed by atoms with Crippen molar-refractivity contribution in [1.82, 2.24) is 5.32 Å². The molecule has 0 rings (SSSR count). The molecule has 0 aliphatic rings. The summed E-state index contributed by atoms with van der Waals surface area (Å²) < 4.78 is 23.7. The van der Waals surface area contributed by atoms with Gasteiger partial charge in [-0.05, 0) is 128 Å². The van der Waals surface area contributed by atoms with Gasteiger partial charge in [0.05, 0.1) is 39.9 Å². The van der Waals surface area contributed by atoms with E-state index in [1.807, 2.05) is 27.2 Å². The van der Waals surface area contributed by atoms with Crippen LogP contribution in [0.1, 0.15) is 245 Å². The van der Waals surface area contributed by atoms with Gasteiger partial charge < -0.3 is 19.8 Å². The summed E-state index contributed by atoms with van der Waals surface area (Å²) in [4.78, 5) is 23.4. The van der Waals surface area contributed by atoms with Crippen LogP contribution < -0.4 is 5.32 Å². The predicted octanol–water partition coefficient (Wildman–Crippen LogP) is 21.5. The Morgan fingerprint density at radius 2 is 0.726 bits per heavy atom. The number of aliphatic hydroxyl groups excluding tert-OH is 1. The second-order valence-electron chi connectivity index (χ2n) is 23.1. The van der Waals surface area contributed by atoms with Gasteiger partial charge in [-0.3, -0.25) is 13.8 Å². The molecule has 3 atom stereocenters. The maximum atomic E-state index is 13.0. The zero-order valence-electron chi connectivity index (χ0n) is 54.3. The van der Waals surface area contributed by atoms with Gasteiger partial charge in [-0.15, -0.1) is 0 Å². The molecular weight excluding hydrogens is 1060 g/mol. The number of carbonyl (C=O) groups excluding carboxylic acids is 1. The maximum Gasteiger partial charge on any atom is 0.472 e. The summed E-state index contributed by atoms with van der Waals surface area (Å²) in [5, 5.41) is 13.9. The lowest BCUT2D eigenvalue weighted by molar-refractivity contribution is -0.870. The number of hydrogen-bond acceptors (Lipinski definition) is 5. The third-order valence-corrected chi connectivity index (χ3v) is 14.9. The number of nitrogens with one attached hydrogen (secondary N) is 1. The van der Waals surface area contributed by atoms with Gasteiger partial charge in [0.15, 0.2) is 0 Å². The van der Waals surface area contributed by atoms with Crippen LogP contribution >= 0.6 is 7.82 Å². The maximum absolute atomic E-state index is 13.0. The van der Waals surface area contributed by atoms with Crippen molar-refractivity contribution in [2.75, 3.05) is 40.9 Å². The van der Waals surface area contributed by atoms with E-state index in [-0.39, 0.29) is 19.1 Å². The number of amides is 1. The first-order valence-corrected chi connectivity index (χ1v) is 35.0. The van der Waals surface area contributed by atoms with Crippen molar-refractivity contribution in [2.45, 2.75) is 257 Å². The Bertz CT molecular complexity index is 1970. The number of quaternary nitrogens is 1. The molecule has 8 nitrogen and oxygen atoms in total. The first-order valence-electron chi connectivity index (χ1n) is 33.5. The van der Waals surface area contributed by atoms with E-state index in [9.17, 15) is 19.4 Å². The number of unbranched alkanes of at least 4 members (excludes halogenated alkanes) is 20. The van der Waals surface area contributed by atoms with Gasteiger partial charge in [0, 0.05) is 6.42 Å². The Morgan fingerprint density at radius 3 is 1.10 bits per heavy atom. The molecule has 9 heteroatoms. The molecule has 476 valence electrons. The van der Waals surface area contributed by atoms with Crippen molar-refractivity contribution < 1.29 is 32.9 Å². The van der Waals surface area contributed by atoms with E-state index < -0.39 is 20.0 Å².